The molecule has 0 atom stereocenters. The van der Waals surface area contributed by atoms with Gasteiger partial charge >= 0.3 is 5.69 Å². The monoisotopic (exact) mass is 524 g/mol. The topological polar surface area (TPSA) is 110 Å². The van der Waals surface area contributed by atoms with Crippen molar-refractivity contribution in [3.8, 4) is 22.9 Å². The lowest BCUT2D eigenvalue weighted by Crippen LogP contribution is -2.60. The van der Waals surface area contributed by atoms with Crippen molar-refractivity contribution in [1.82, 2.24) is 28.5 Å². The molecule has 0 amide bonds. The summed E-state index contributed by atoms with van der Waals surface area (Å²) in [5, 5.41) is 24.9. The van der Waals surface area contributed by atoms with E-state index in [1.54, 1.807) is 34.1 Å². The number of β-amino-alcohol motifs (C(OH)–C–C–N with tert-alkyl or cyclic N) is 1. The highest BCUT2D eigenvalue weighted by Gasteiger charge is 2.38. The van der Waals surface area contributed by atoms with Crippen LogP contribution in [-0.4, -0.2) is 52.3 Å². The first kappa shape index (κ1) is 24.9. The zero-order valence-electron chi connectivity index (χ0n) is 23.3. The number of imidazole rings is 2. The molecule has 39 heavy (non-hydrogen) atoms. The Morgan fingerprint density at radius 3 is 2.36 bits per heavy atom. The van der Waals surface area contributed by atoms with E-state index in [2.05, 4.69) is 47.5 Å². The van der Waals surface area contributed by atoms with Crippen LogP contribution in [0.25, 0.3) is 38.9 Å². The highest BCUT2D eigenvalue weighted by atomic mass is 16.3. The first-order valence-electron chi connectivity index (χ1n) is 12.9. The molecule has 1 N–H and O–H groups in total. The van der Waals surface area contributed by atoms with Gasteiger partial charge in [0.05, 0.1) is 56.9 Å². The van der Waals surface area contributed by atoms with Crippen molar-refractivity contribution < 1.29 is 5.11 Å². The number of hydrogen-bond donors (Lipinski definition) is 1. The van der Waals surface area contributed by atoms with E-state index in [4.69, 9.17) is 4.98 Å². The highest BCUT2D eigenvalue weighted by Crippen LogP contribution is 2.39. The van der Waals surface area contributed by atoms with Crippen molar-refractivity contribution in [2.45, 2.75) is 38.7 Å². The van der Waals surface area contributed by atoms with Crippen molar-refractivity contribution in [2.24, 2.45) is 21.1 Å². The molecule has 1 aliphatic rings. The molecule has 1 saturated heterocycles. The van der Waals surface area contributed by atoms with Crippen LogP contribution < -0.4 is 10.6 Å². The Morgan fingerprint density at radius 2 is 1.77 bits per heavy atom. The van der Waals surface area contributed by atoms with Crippen LogP contribution in [0.15, 0.2) is 41.5 Å². The number of hydrogen-bond acceptors (Lipinski definition) is 6. The molecule has 1 fully saturated rings. The number of nitrogens with zero attached hydrogens (tertiary/aromatic N) is 8. The van der Waals surface area contributed by atoms with E-state index in [1.807, 2.05) is 38.4 Å². The first-order chi connectivity index (χ1) is 18.3. The average Bonchev–Trinajstić information content (AvgIpc) is 3.52. The molecule has 0 radical (unpaired) electrons. The van der Waals surface area contributed by atoms with E-state index in [-0.39, 0.29) is 11.1 Å². The number of aromatic nitrogens is 6. The summed E-state index contributed by atoms with van der Waals surface area (Å²) in [6.07, 6.45) is 3.64. The van der Waals surface area contributed by atoms with Gasteiger partial charge in [-0.05, 0) is 31.2 Å². The molecule has 5 aromatic rings. The Morgan fingerprint density at radius 1 is 1.05 bits per heavy atom. The zero-order chi connectivity index (χ0) is 28.0. The summed E-state index contributed by atoms with van der Waals surface area (Å²) in [5.41, 5.74) is 5.87. The van der Waals surface area contributed by atoms with Gasteiger partial charge in [0.2, 0.25) is 0 Å². The largest absolute Gasteiger partial charge is 0.386 e. The predicted octanol–water partition coefficient (Wildman–Crippen LogP) is 3.36. The summed E-state index contributed by atoms with van der Waals surface area (Å²) in [6.45, 7) is 9.10. The highest BCUT2D eigenvalue weighted by molar-refractivity contribution is 5.94. The second-order valence-electron chi connectivity index (χ2n) is 12.0. The zero-order valence-corrected chi connectivity index (χ0v) is 23.3. The van der Waals surface area contributed by atoms with E-state index in [0.29, 0.717) is 18.7 Å². The molecular formula is C29H32N8O2. The molecule has 0 aliphatic carbocycles. The fourth-order valence-corrected chi connectivity index (χ4v) is 5.71. The summed E-state index contributed by atoms with van der Waals surface area (Å²) in [4.78, 5) is 20.2. The average molecular weight is 525 g/mol. The molecule has 0 saturated carbocycles. The summed E-state index contributed by atoms with van der Waals surface area (Å²) >= 11 is 0. The predicted molar refractivity (Wildman–Crippen MR) is 151 cm³/mol. The van der Waals surface area contributed by atoms with Crippen LogP contribution in [0.3, 0.4) is 0 Å². The number of benzene rings is 2. The van der Waals surface area contributed by atoms with Crippen LogP contribution in [0.5, 0.6) is 0 Å². The van der Waals surface area contributed by atoms with Gasteiger partial charge in [-0.25, -0.2) is 9.78 Å². The first-order valence-corrected chi connectivity index (χ1v) is 12.9. The number of aliphatic hydroxyl groups is 1. The fraction of sp³-hybridized carbons (Fsp3) is 0.379. The van der Waals surface area contributed by atoms with Crippen molar-refractivity contribution in [2.75, 3.05) is 18.0 Å². The SMILES string of the molecule is Cn1cc(-c2cc3nc(C(C)(C)C)n(-c4cc(N5CC(C)(O)C5)c5c(c4)n(C)c(=O)n5C)c3cc2C#N)cn1. The molecule has 6 rings (SSSR count). The van der Waals surface area contributed by atoms with E-state index >= 15 is 0 Å². The quantitative estimate of drug-likeness (QED) is 0.388. The molecule has 0 bridgehead atoms. The number of rotatable bonds is 3. The normalized spacial score (nSPS) is 15.2. The minimum Gasteiger partial charge on any atom is -0.386 e. The van der Waals surface area contributed by atoms with Gasteiger partial charge in [0.1, 0.15) is 5.82 Å². The van der Waals surface area contributed by atoms with Crippen LogP contribution in [0, 0.1) is 11.3 Å². The third kappa shape index (κ3) is 3.76. The minimum atomic E-state index is -0.779. The van der Waals surface area contributed by atoms with Crippen molar-refractivity contribution in [3.63, 3.8) is 0 Å². The van der Waals surface area contributed by atoms with E-state index < -0.39 is 5.60 Å². The number of aryl methyl sites for hydroxylation is 3. The molecule has 200 valence electrons. The fourth-order valence-electron chi connectivity index (χ4n) is 5.71. The van der Waals surface area contributed by atoms with Gasteiger partial charge in [-0.2, -0.15) is 10.4 Å². The maximum absolute atomic E-state index is 13.0. The second-order valence-corrected chi connectivity index (χ2v) is 12.0. The Kier molecular flexibility index (Phi) is 5.16. The standard InChI is InChI=1S/C29H32N8O2/c1-28(2,3)26-32-21-11-20(18-13-31-33(5)14-18)17(12-30)8-22(21)37(26)19-9-23-25(35(7)27(38)34(23)6)24(10-19)36-15-29(4,39)16-36/h8-11,13-14,39H,15-16H2,1-7H3. The van der Waals surface area contributed by atoms with Gasteiger partial charge in [0.15, 0.2) is 0 Å². The van der Waals surface area contributed by atoms with Gasteiger partial charge in [-0.1, -0.05) is 20.8 Å². The Bertz CT molecular complexity index is 1890. The Balaban J connectivity index is 1.67. The molecule has 4 heterocycles. The third-order valence-electron chi connectivity index (χ3n) is 7.59. The molecule has 10 nitrogen and oxygen atoms in total. The van der Waals surface area contributed by atoms with E-state index in [0.717, 1.165) is 50.4 Å². The van der Waals surface area contributed by atoms with Gasteiger partial charge in [-0.15, -0.1) is 0 Å². The second kappa shape index (κ2) is 8.07. The smallest absolute Gasteiger partial charge is 0.328 e. The number of anilines is 1. The summed E-state index contributed by atoms with van der Waals surface area (Å²) < 4.78 is 7.12. The van der Waals surface area contributed by atoms with Crippen molar-refractivity contribution >= 4 is 27.8 Å². The molecular weight excluding hydrogens is 492 g/mol. The molecule has 1 aliphatic heterocycles. The third-order valence-corrected chi connectivity index (χ3v) is 7.59. The van der Waals surface area contributed by atoms with E-state index in [1.165, 1.54) is 0 Å². The number of fused-ring (bicyclic) bond motifs is 2. The molecule has 0 spiro atoms. The van der Waals surface area contributed by atoms with Gasteiger partial charge < -0.3 is 10.0 Å². The summed E-state index contributed by atoms with van der Waals surface area (Å²) in [7, 11) is 5.40. The number of nitriles is 1. The van der Waals surface area contributed by atoms with Crippen molar-refractivity contribution in [3.05, 3.63) is 58.5 Å². The van der Waals surface area contributed by atoms with E-state index in [9.17, 15) is 15.2 Å². The van der Waals surface area contributed by atoms with Gasteiger partial charge in [-0.3, -0.25) is 18.4 Å². The van der Waals surface area contributed by atoms with Gasteiger partial charge in [0.25, 0.3) is 0 Å². The summed E-state index contributed by atoms with van der Waals surface area (Å²) in [6, 6.07) is 10.3. The lowest BCUT2D eigenvalue weighted by Gasteiger charge is -2.46. The van der Waals surface area contributed by atoms with Crippen LogP contribution >= 0.6 is 0 Å². The van der Waals surface area contributed by atoms with Crippen LogP contribution in [0.2, 0.25) is 0 Å². The Labute approximate surface area is 225 Å². The molecule has 0 unspecified atom stereocenters. The molecule has 2 aromatic carbocycles. The lowest BCUT2D eigenvalue weighted by atomic mass is 9.94. The maximum atomic E-state index is 13.0. The van der Waals surface area contributed by atoms with Crippen LogP contribution in [0.1, 0.15) is 39.1 Å². The van der Waals surface area contributed by atoms with Crippen LogP contribution in [-0.2, 0) is 26.6 Å². The lowest BCUT2D eigenvalue weighted by molar-refractivity contribution is 0.0312. The van der Waals surface area contributed by atoms with Gasteiger partial charge in [0, 0.05) is 57.0 Å². The van der Waals surface area contributed by atoms with Crippen LogP contribution in [0.4, 0.5) is 5.69 Å². The molecule has 10 heteroatoms. The maximum Gasteiger partial charge on any atom is 0.328 e. The summed E-state index contributed by atoms with van der Waals surface area (Å²) in [5.74, 6) is 0.839. The minimum absolute atomic E-state index is 0.116. The molecule has 3 aromatic heterocycles. The Hall–Kier alpha value is -4.36. The van der Waals surface area contributed by atoms with Crippen molar-refractivity contribution in [1.29, 1.82) is 5.26 Å².